The molecule has 7 heteroatoms. The van der Waals surface area contributed by atoms with Gasteiger partial charge in [-0.1, -0.05) is 6.42 Å². The van der Waals surface area contributed by atoms with Crippen molar-refractivity contribution in [3.05, 3.63) is 28.8 Å². The number of piperidine rings is 1. The van der Waals surface area contributed by atoms with Crippen LogP contribution in [0.15, 0.2) is 12.1 Å². The fourth-order valence-corrected chi connectivity index (χ4v) is 4.49. The highest BCUT2D eigenvalue weighted by Crippen LogP contribution is 2.24. The Hall–Kier alpha value is -1.60. The standard InChI is InChI=1S/C17H27N3O3S/c1-5-18-17(21)16-8-6-7-9-20(16)24(22,23)19-15-10-12(2)14(4)13(3)11-15/h10-11,16,19H,5-9H2,1-4H3,(H,18,21)/t16-/m0/s1. The lowest BCUT2D eigenvalue weighted by molar-refractivity contribution is -0.125. The molecule has 1 aliphatic heterocycles. The second-order valence-corrected chi connectivity index (χ2v) is 7.98. The topological polar surface area (TPSA) is 78.5 Å². The number of amides is 1. The average Bonchev–Trinajstić information content (AvgIpc) is 2.52. The number of hydrogen-bond donors (Lipinski definition) is 2. The molecule has 2 N–H and O–H groups in total. The van der Waals surface area contributed by atoms with Gasteiger partial charge in [0, 0.05) is 13.1 Å². The van der Waals surface area contributed by atoms with E-state index in [0.717, 1.165) is 29.5 Å². The van der Waals surface area contributed by atoms with E-state index in [0.29, 0.717) is 25.2 Å². The summed E-state index contributed by atoms with van der Waals surface area (Å²) in [4.78, 5) is 12.2. The number of carbonyl (C=O) groups is 1. The maximum absolute atomic E-state index is 12.8. The molecule has 0 bridgehead atoms. The number of rotatable bonds is 5. The molecule has 1 amide bonds. The third kappa shape index (κ3) is 4.08. The molecule has 134 valence electrons. The Morgan fingerprint density at radius 3 is 2.42 bits per heavy atom. The van der Waals surface area contributed by atoms with Crippen LogP contribution < -0.4 is 10.0 Å². The fraction of sp³-hybridized carbons (Fsp3) is 0.588. The monoisotopic (exact) mass is 353 g/mol. The first-order chi connectivity index (χ1) is 11.3. The molecule has 1 aromatic carbocycles. The molecule has 0 unspecified atom stereocenters. The quantitative estimate of drug-likeness (QED) is 0.852. The molecule has 0 radical (unpaired) electrons. The van der Waals surface area contributed by atoms with Crippen LogP contribution in [0, 0.1) is 20.8 Å². The zero-order valence-corrected chi connectivity index (χ0v) is 15.7. The van der Waals surface area contributed by atoms with E-state index in [-0.39, 0.29) is 5.91 Å². The minimum absolute atomic E-state index is 0.223. The van der Waals surface area contributed by atoms with Crippen LogP contribution in [-0.2, 0) is 15.0 Å². The Balaban J connectivity index is 2.26. The van der Waals surface area contributed by atoms with Crippen molar-refractivity contribution < 1.29 is 13.2 Å². The largest absolute Gasteiger partial charge is 0.355 e. The van der Waals surface area contributed by atoms with E-state index in [1.54, 1.807) is 0 Å². The van der Waals surface area contributed by atoms with E-state index in [9.17, 15) is 13.2 Å². The summed E-state index contributed by atoms with van der Waals surface area (Å²) in [6.07, 6.45) is 2.18. The first-order valence-electron chi connectivity index (χ1n) is 8.41. The van der Waals surface area contributed by atoms with E-state index in [1.807, 2.05) is 39.8 Å². The molecule has 1 saturated heterocycles. The predicted molar refractivity (Wildman–Crippen MR) is 96.2 cm³/mol. The Morgan fingerprint density at radius 1 is 1.21 bits per heavy atom. The third-order valence-electron chi connectivity index (χ3n) is 4.59. The minimum atomic E-state index is -3.77. The van der Waals surface area contributed by atoms with E-state index < -0.39 is 16.3 Å². The van der Waals surface area contributed by atoms with Gasteiger partial charge in [-0.2, -0.15) is 12.7 Å². The summed E-state index contributed by atoms with van der Waals surface area (Å²) in [6.45, 7) is 8.61. The first kappa shape index (κ1) is 18.7. The highest BCUT2D eigenvalue weighted by Gasteiger charge is 2.36. The van der Waals surface area contributed by atoms with Gasteiger partial charge in [-0.05, 0) is 69.4 Å². The summed E-state index contributed by atoms with van der Waals surface area (Å²) >= 11 is 0. The number of benzene rings is 1. The average molecular weight is 353 g/mol. The summed E-state index contributed by atoms with van der Waals surface area (Å²) in [5.41, 5.74) is 3.75. The van der Waals surface area contributed by atoms with Gasteiger partial charge in [-0.25, -0.2) is 0 Å². The fourth-order valence-electron chi connectivity index (χ4n) is 3.05. The van der Waals surface area contributed by atoms with Gasteiger partial charge in [0.1, 0.15) is 6.04 Å². The van der Waals surface area contributed by atoms with Crippen LogP contribution in [0.5, 0.6) is 0 Å². The summed E-state index contributed by atoms with van der Waals surface area (Å²) < 4.78 is 29.6. The Bertz CT molecular complexity index is 693. The number of nitrogens with one attached hydrogen (secondary N) is 2. The summed E-state index contributed by atoms with van der Waals surface area (Å²) in [7, 11) is -3.77. The predicted octanol–water partition coefficient (Wildman–Crippen LogP) is 2.26. The van der Waals surface area contributed by atoms with Crippen LogP contribution in [0.3, 0.4) is 0 Å². The molecular formula is C17H27N3O3S. The summed E-state index contributed by atoms with van der Waals surface area (Å²) in [5.74, 6) is -0.223. The molecule has 0 spiro atoms. The lowest BCUT2D eigenvalue weighted by atomic mass is 10.0. The summed E-state index contributed by atoms with van der Waals surface area (Å²) in [6, 6.07) is 3.01. The van der Waals surface area contributed by atoms with Crippen LogP contribution in [-0.4, -0.2) is 37.8 Å². The van der Waals surface area contributed by atoms with Crippen LogP contribution in [0.25, 0.3) is 0 Å². The zero-order valence-electron chi connectivity index (χ0n) is 14.8. The van der Waals surface area contributed by atoms with E-state index in [4.69, 9.17) is 0 Å². The first-order valence-corrected chi connectivity index (χ1v) is 9.85. The third-order valence-corrected chi connectivity index (χ3v) is 6.14. The molecule has 0 saturated carbocycles. The van der Waals surface area contributed by atoms with Gasteiger partial charge in [0.2, 0.25) is 5.91 Å². The second-order valence-electron chi connectivity index (χ2n) is 6.36. The van der Waals surface area contributed by atoms with Gasteiger partial charge in [-0.15, -0.1) is 0 Å². The Kier molecular flexibility index (Phi) is 5.87. The smallest absolute Gasteiger partial charge is 0.302 e. The van der Waals surface area contributed by atoms with Gasteiger partial charge in [0.25, 0.3) is 0 Å². The van der Waals surface area contributed by atoms with Crippen molar-refractivity contribution in [1.29, 1.82) is 0 Å². The molecule has 24 heavy (non-hydrogen) atoms. The van der Waals surface area contributed by atoms with Crippen molar-refractivity contribution in [2.75, 3.05) is 17.8 Å². The molecule has 1 atom stereocenters. The highest BCUT2D eigenvalue weighted by molar-refractivity contribution is 7.90. The van der Waals surface area contributed by atoms with Crippen molar-refractivity contribution in [1.82, 2.24) is 9.62 Å². The molecule has 0 aliphatic carbocycles. The molecule has 1 heterocycles. The zero-order chi connectivity index (χ0) is 17.9. The molecule has 1 aliphatic rings. The van der Waals surface area contributed by atoms with Crippen molar-refractivity contribution in [3.63, 3.8) is 0 Å². The number of carbonyl (C=O) groups excluding carboxylic acids is 1. The van der Waals surface area contributed by atoms with E-state index >= 15 is 0 Å². The number of likely N-dealkylation sites (N-methyl/N-ethyl adjacent to an activating group) is 1. The van der Waals surface area contributed by atoms with Crippen LogP contribution in [0.4, 0.5) is 5.69 Å². The SMILES string of the molecule is CCNC(=O)[C@@H]1CCCCN1S(=O)(=O)Nc1cc(C)c(C)c(C)c1. The maximum Gasteiger partial charge on any atom is 0.302 e. The van der Waals surface area contributed by atoms with Crippen molar-refractivity contribution in [2.45, 2.75) is 53.0 Å². The Labute approximate surface area is 144 Å². The molecule has 1 aromatic rings. The van der Waals surface area contributed by atoms with Gasteiger partial charge < -0.3 is 5.32 Å². The molecule has 6 nitrogen and oxygen atoms in total. The maximum atomic E-state index is 12.8. The van der Waals surface area contributed by atoms with Gasteiger partial charge in [0.05, 0.1) is 5.69 Å². The second kappa shape index (κ2) is 7.53. The van der Waals surface area contributed by atoms with Crippen molar-refractivity contribution >= 4 is 21.8 Å². The highest BCUT2D eigenvalue weighted by atomic mass is 32.2. The number of nitrogens with zero attached hydrogens (tertiary/aromatic N) is 1. The van der Waals surface area contributed by atoms with E-state index in [1.165, 1.54) is 4.31 Å². The lowest BCUT2D eigenvalue weighted by Crippen LogP contribution is -2.53. The molecule has 1 fully saturated rings. The van der Waals surface area contributed by atoms with Gasteiger partial charge in [0.15, 0.2) is 0 Å². The van der Waals surface area contributed by atoms with Gasteiger partial charge >= 0.3 is 10.2 Å². The minimum Gasteiger partial charge on any atom is -0.355 e. The van der Waals surface area contributed by atoms with Crippen LogP contribution in [0.2, 0.25) is 0 Å². The van der Waals surface area contributed by atoms with E-state index in [2.05, 4.69) is 10.0 Å². The van der Waals surface area contributed by atoms with Crippen molar-refractivity contribution in [3.8, 4) is 0 Å². The molecular weight excluding hydrogens is 326 g/mol. The van der Waals surface area contributed by atoms with Crippen LogP contribution in [0.1, 0.15) is 42.9 Å². The number of anilines is 1. The van der Waals surface area contributed by atoms with Crippen molar-refractivity contribution in [2.24, 2.45) is 0 Å². The number of aryl methyl sites for hydroxylation is 2. The molecule has 2 rings (SSSR count). The normalized spacial score (nSPS) is 19.1. The lowest BCUT2D eigenvalue weighted by Gasteiger charge is -2.33. The molecule has 0 aromatic heterocycles. The Morgan fingerprint density at radius 2 is 1.83 bits per heavy atom. The number of hydrogen-bond acceptors (Lipinski definition) is 3. The van der Waals surface area contributed by atoms with Crippen LogP contribution >= 0.6 is 0 Å². The summed E-state index contributed by atoms with van der Waals surface area (Å²) in [5, 5.41) is 2.73. The van der Waals surface area contributed by atoms with Gasteiger partial charge in [-0.3, -0.25) is 9.52 Å².